The topological polar surface area (TPSA) is 125 Å². The standard InChI is InChI=1S/C19H18F3N7O2/c1-2-3-6-29-17(30)14-16(27-18(29)31)26-15(25-14)11-9-24-28-12(11)7-10-4-5-13(23-8-10)19(20,21)22/h4-5,8-9H,2-3,6-7H2,1H3,(H,24,28)(H,25,26)(H,27,31). The van der Waals surface area contributed by atoms with Crippen molar-refractivity contribution in [2.75, 3.05) is 0 Å². The molecule has 9 nitrogen and oxygen atoms in total. The van der Waals surface area contributed by atoms with Crippen molar-refractivity contribution < 1.29 is 13.2 Å². The number of unbranched alkanes of at least 4 members (excludes halogenated alkanes) is 1. The van der Waals surface area contributed by atoms with Gasteiger partial charge in [-0.2, -0.15) is 18.3 Å². The van der Waals surface area contributed by atoms with E-state index < -0.39 is 23.1 Å². The molecule has 31 heavy (non-hydrogen) atoms. The van der Waals surface area contributed by atoms with Crippen molar-refractivity contribution in [3.05, 3.63) is 62.3 Å². The van der Waals surface area contributed by atoms with Crippen molar-refractivity contribution in [1.82, 2.24) is 34.7 Å². The average Bonchev–Trinajstić information content (AvgIpc) is 3.34. The van der Waals surface area contributed by atoms with E-state index in [1.54, 1.807) is 0 Å². The minimum atomic E-state index is -4.51. The van der Waals surface area contributed by atoms with Gasteiger partial charge in [0.15, 0.2) is 5.65 Å². The number of nitrogens with zero attached hydrogens (tertiary/aromatic N) is 4. The molecule has 0 aliphatic rings. The zero-order valence-corrected chi connectivity index (χ0v) is 16.4. The highest BCUT2D eigenvalue weighted by molar-refractivity contribution is 5.75. The number of fused-ring (bicyclic) bond motifs is 1. The van der Waals surface area contributed by atoms with E-state index in [-0.39, 0.29) is 17.6 Å². The minimum Gasteiger partial charge on any atom is -0.332 e. The Morgan fingerprint density at radius 1 is 1.13 bits per heavy atom. The van der Waals surface area contributed by atoms with E-state index in [1.807, 2.05) is 6.92 Å². The second-order valence-corrected chi connectivity index (χ2v) is 7.04. The van der Waals surface area contributed by atoms with Crippen molar-refractivity contribution in [3.8, 4) is 11.4 Å². The molecular formula is C19H18F3N7O2. The van der Waals surface area contributed by atoms with Crippen molar-refractivity contribution in [1.29, 1.82) is 0 Å². The highest BCUT2D eigenvalue weighted by atomic mass is 19.4. The first-order valence-corrected chi connectivity index (χ1v) is 9.55. The van der Waals surface area contributed by atoms with E-state index >= 15 is 0 Å². The van der Waals surface area contributed by atoms with Crippen LogP contribution in [0.3, 0.4) is 0 Å². The Bertz CT molecular complexity index is 1330. The Kier molecular flexibility index (Phi) is 5.21. The normalized spacial score (nSPS) is 12.0. The van der Waals surface area contributed by atoms with Gasteiger partial charge in [0, 0.05) is 19.2 Å². The first kappa shape index (κ1) is 20.6. The summed E-state index contributed by atoms with van der Waals surface area (Å²) >= 11 is 0. The van der Waals surface area contributed by atoms with Crippen LogP contribution in [0.2, 0.25) is 0 Å². The van der Waals surface area contributed by atoms with Crippen LogP contribution < -0.4 is 11.2 Å². The monoisotopic (exact) mass is 433 g/mol. The number of rotatable bonds is 6. The predicted molar refractivity (Wildman–Crippen MR) is 106 cm³/mol. The van der Waals surface area contributed by atoms with Gasteiger partial charge in [0.25, 0.3) is 5.56 Å². The van der Waals surface area contributed by atoms with Gasteiger partial charge in [-0.25, -0.2) is 9.78 Å². The highest BCUT2D eigenvalue weighted by Crippen LogP contribution is 2.28. The Morgan fingerprint density at radius 3 is 2.61 bits per heavy atom. The van der Waals surface area contributed by atoms with E-state index in [9.17, 15) is 22.8 Å². The molecule has 4 rings (SSSR count). The molecule has 162 valence electrons. The molecule has 3 N–H and O–H groups in total. The number of aromatic nitrogens is 7. The van der Waals surface area contributed by atoms with Crippen LogP contribution in [0.4, 0.5) is 13.2 Å². The van der Waals surface area contributed by atoms with Crippen molar-refractivity contribution in [2.24, 2.45) is 0 Å². The number of imidazole rings is 1. The maximum Gasteiger partial charge on any atom is 0.433 e. The zero-order valence-electron chi connectivity index (χ0n) is 16.4. The Balaban J connectivity index is 1.67. The number of nitrogens with one attached hydrogen (secondary N) is 3. The van der Waals surface area contributed by atoms with Crippen molar-refractivity contribution in [3.63, 3.8) is 0 Å². The lowest BCUT2D eigenvalue weighted by atomic mass is 10.1. The first-order valence-electron chi connectivity index (χ1n) is 9.55. The number of alkyl halides is 3. The van der Waals surface area contributed by atoms with Crippen LogP contribution in [-0.4, -0.2) is 34.7 Å². The number of pyridine rings is 1. The first-order chi connectivity index (χ1) is 14.8. The van der Waals surface area contributed by atoms with Crippen molar-refractivity contribution in [2.45, 2.75) is 38.9 Å². The van der Waals surface area contributed by atoms with Crippen molar-refractivity contribution >= 4 is 11.2 Å². The molecule has 0 aromatic carbocycles. The third kappa shape index (κ3) is 4.00. The summed E-state index contributed by atoms with van der Waals surface area (Å²) < 4.78 is 39.2. The molecule has 4 aromatic heterocycles. The lowest BCUT2D eigenvalue weighted by molar-refractivity contribution is -0.141. The lowest BCUT2D eigenvalue weighted by Gasteiger charge is -2.06. The van der Waals surface area contributed by atoms with Gasteiger partial charge < -0.3 is 4.98 Å². The van der Waals surface area contributed by atoms with Crippen LogP contribution in [0.5, 0.6) is 0 Å². The van der Waals surface area contributed by atoms with E-state index in [1.165, 1.54) is 12.3 Å². The van der Waals surface area contributed by atoms with Gasteiger partial charge in [0.05, 0.1) is 17.5 Å². The minimum absolute atomic E-state index is 0.126. The zero-order chi connectivity index (χ0) is 22.2. The number of hydrogen-bond acceptors (Lipinski definition) is 5. The predicted octanol–water partition coefficient (Wildman–Crippen LogP) is 2.61. The molecule has 4 aromatic rings. The van der Waals surface area contributed by atoms with Gasteiger partial charge in [-0.15, -0.1) is 0 Å². The molecule has 0 saturated carbocycles. The summed E-state index contributed by atoms with van der Waals surface area (Å²) in [5, 5.41) is 6.77. The highest BCUT2D eigenvalue weighted by Gasteiger charge is 2.32. The molecule has 12 heteroatoms. The molecule has 4 heterocycles. The van der Waals surface area contributed by atoms with Crippen LogP contribution >= 0.6 is 0 Å². The van der Waals surface area contributed by atoms with Crippen LogP contribution in [0.15, 0.2) is 34.1 Å². The van der Waals surface area contributed by atoms with E-state index in [2.05, 4.69) is 30.1 Å². The summed E-state index contributed by atoms with van der Waals surface area (Å²) in [6, 6.07) is 2.25. The molecule has 0 aliphatic carbocycles. The van der Waals surface area contributed by atoms with Crippen LogP contribution in [0.25, 0.3) is 22.6 Å². The Hall–Kier alpha value is -3.70. The number of H-pyrrole nitrogens is 3. The maximum atomic E-state index is 12.7. The van der Waals surface area contributed by atoms with Crippen LogP contribution in [-0.2, 0) is 19.1 Å². The van der Waals surface area contributed by atoms with Gasteiger partial charge in [0.2, 0.25) is 0 Å². The van der Waals surface area contributed by atoms with Gasteiger partial charge in [0.1, 0.15) is 17.0 Å². The van der Waals surface area contributed by atoms with Crippen LogP contribution in [0, 0.1) is 0 Å². The number of aromatic amines is 3. The summed E-state index contributed by atoms with van der Waals surface area (Å²) in [5.74, 6) is 0.305. The fourth-order valence-electron chi connectivity index (χ4n) is 3.21. The molecule has 0 saturated heterocycles. The third-order valence-corrected chi connectivity index (χ3v) is 4.84. The van der Waals surface area contributed by atoms with Gasteiger partial charge in [-0.1, -0.05) is 19.4 Å². The quantitative estimate of drug-likeness (QED) is 0.431. The summed E-state index contributed by atoms with van der Waals surface area (Å²) in [6.45, 7) is 2.26. The fraction of sp³-hybridized carbons (Fsp3) is 0.316. The van der Waals surface area contributed by atoms with Gasteiger partial charge in [-0.05, 0) is 18.1 Å². The maximum absolute atomic E-state index is 12.7. The second kappa shape index (κ2) is 7.85. The fourth-order valence-corrected chi connectivity index (χ4v) is 3.21. The SMILES string of the molecule is CCCCn1c(=O)[nH]c2nc(-c3cn[nH]c3Cc3ccc(C(F)(F)F)nc3)[nH]c2c1=O. The van der Waals surface area contributed by atoms with Gasteiger partial charge in [-0.3, -0.25) is 24.4 Å². The molecule has 0 amide bonds. The molecule has 0 unspecified atom stereocenters. The van der Waals surface area contributed by atoms with Gasteiger partial charge >= 0.3 is 11.9 Å². The molecule has 0 spiro atoms. The smallest absolute Gasteiger partial charge is 0.332 e. The molecule has 0 fully saturated rings. The van der Waals surface area contributed by atoms with E-state index in [0.717, 1.165) is 23.3 Å². The Morgan fingerprint density at radius 2 is 1.94 bits per heavy atom. The molecule has 0 atom stereocenters. The Labute approximate surface area is 172 Å². The van der Waals surface area contributed by atoms with E-state index in [4.69, 9.17) is 0 Å². The third-order valence-electron chi connectivity index (χ3n) is 4.84. The average molecular weight is 433 g/mol. The second-order valence-electron chi connectivity index (χ2n) is 7.04. The summed E-state index contributed by atoms with van der Waals surface area (Å²) in [5.41, 5.74) is -0.0670. The molecule has 0 radical (unpaired) electrons. The molecule has 0 aliphatic heterocycles. The van der Waals surface area contributed by atoms with E-state index in [0.29, 0.717) is 35.6 Å². The summed E-state index contributed by atoms with van der Waals surface area (Å²) in [7, 11) is 0. The summed E-state index contributed by atoms with van der Waals surface area (Å²) in [4.78, 5) is 38.2. The molecule has 0 bridgehead atoms. The number of hydrogen-bond donors (Lipinski definition) is 3. The largest absolute Gasteiger partial charge is 0.433 e. The van der Waals surface area contributed by atoms with Crippen LogP contribution in [0.1, 0.15) is 36.7 Å². The summed E-state index contributed by atoms with van der Waals surface area (Å²) in [6.07, 6.45) is -0.145. The number of halogens is 3. The lowest BCUT2D eigenvalue weighted by Crippen LogP contribution is -2.35. The molecular weight excluding hydrogens is 415 g/mol.